The van der Waals surface area contributed by atoms with E-state index in [1.54, 1.807) is 29.0 Å². The molecule has 1 aromatic carbocycles. The van der Waals surface area contributed by atoms with Crippen molar-refractivity contribution in [3.8, 4) is 0 Å². The average Bonchev–Trinajstić information content (AvgIpc) is 3.23. The van der Waals surface area contributed by atoms with Crippen LogP contribution in [-0.4, -0.2) is 25.6 Å². The van der Waals surface area contributed by atoms with E-state index in [2.05, 4.69) is 11.0 Å². The van der Waals surface area contributed by atoms with Crippen LogP contribution in [0.3, 0.4) is 0 Å². The van der Waals surface area contributed by atoms with Crippen molar-refractivity contribution in [2.24, 2.45) is 14.1 Å². The Hall–Kier alpha value is -2.25. The van der Waals surface area contributed by atoms with Gasteiger partial charge in [-0.1, -0.05) is 12.1 Å². The van der Waals surface area contributed by atoms with Gasteiger partial charge in [0, 0.05) is 32.4 Å². The van der Waals surface area contributed by atoms with Crippen molar-refractivity contribution in [2.45, 2.75) is 25.4 Å². The Bertz CT molecular complexity index is 1020. The summed E-state index contributed by atoms with van der Waals surface area (Å²) in [5, 5.41) is 1.12. The molecule has 0 aliphatic carbocycles. The quantitative estimate of drug-likeness (QED) is 0.720. The van der Waals surface area contributed by atoms with E-state index in [1.165, 1.54) is 11.7 Å². The lowest BCUT2D eigenvalue weighted by molar-refractivity contribution is 0.241. The van der Waals surface area contributed by atoms with Crippen LogP contribution < -0.4 is 11.2 Å². The zero-order chi connectivity index (χ0) is 17.6. The summed E-state index contributed by atoms with van der Waals surface area (Å²) in [5.41, 5.74) is 1.25. The predicted molar refractivity (Wildman–Crippen MR) is 98.9 cm³/mol. The van der Waals surface area contributed by atoms with Crippen molar-refractivity contribution < 1.29 is 0 Å². The van der Waals surface area contributed by atoms with Gasteiger partial charge in [0.2, 0.25) is 0 Å². The Kier molecular flexibility index (Phi) is 4.05. The summed E-state index contributed by atoms with van der Waals surface area (Å²) in [6, 6.07) is 9.99. The van der Waals surface area contributed by atoms with E-state index in [1.807, 2.05) is 18.2 Å². The molecule has 0 bridgehead atoms. The number of hydrogen-bond acceptors (Lipinski definition) is 5. The number of hydrogen-bond donors (Lipinski definition) is 0. The molecule has 1 atom stereocenters. The van der Waals surface area contributed by atoms with Gasteiger partial charge in [0.1, 0.15) is 5.01 Å². The highest BCUT2D eigenvalue weighted by atomic mass is 32.1. The largest absolute Gasteiger partial charge is 0.330 e. The maximum atomic E-state index is 12.2. The van der Waals surface area contributed by atoms with E-state index in [0.29, 0.717) is 6.54 Å². The first-order valence-electron chi connectivity index (χ1n) is 8.40. The summed E-state index contributed by atoms with van der Waals surface area (Å²) in [6.45, 7) is 1.53. The molecule has 7 heteroatoms. The normalized spacial score (nSPS) is 18.2. The fourth-order valence-electron chi connectivity index (χ4n) is 3.47. The fourth-order valence-corrected chi connectivity index (χ4v) is 4.60. The fraction of sp³-hybridized carbons (Fsp3) is 0.389. The smallest absolute Gasteiger partial charge is 0.299 e. The van der Waals surface area contributed by atoms with Gasteiger partial charge in [0.15, 0.2) is 0 Å². The predicted octanol–water partition coefficient (Wildman–Crippen LogP) is 2.03. The van der Waals surface area contributed by atoms with Crippen LogP contribution in [0.25, 0.3) is 10.2 Å². The van der Waals surface area contributed by atoms with Gasteiger partial charge >= 0.3 is 5.69 Å². The number of likely N-dealkylation sites (tertiary alicyclic amines) is 1. The standard InChI is InChI=1S/C18H20N4O2S/c1-20-12(10-16(23)21(2)18(20)24)11-22-9-5-7-14(22)17-19-13-6-3-4-8-15(13)25-17/h3-4,6,8,10,14H,5,7,9,11H2,1-2H3/t14-/m1/s1. The van der Waals surface area contributed by atoms with Crippen molar-refractivity contribution in [2.75, 3.05) is 6.54 Å². The van der Waals surface area contributed by atoms with Crippen molar-refractivity contribution in [1.82, 2.24) is 19.0 Å². The molecule has 0 saturated carbocycles. The number of nitrogens with zero attached hydrogens (tertiary/aromatic N) is 4. The SMILES string of the molecule is Cn1c(CN2CCC[C@@H]2c2nc3ccccc3s2)cc(=O)n(C)c1=O. The number of rotatable bonds is 3. The molecule has 1 aliphatic heterocycles. The number of fused-ring (bicyclic) bond motifs is 1. The van der Waals surface area contributed by atoms with Crippen LogP contribution >= 0.6 is 11.3 Å². The molecule has 6 nitrogen and oxygen atoms in total. The van der Waals surface area contributed by atoms with Crippen LogP contribution in [0, 0.1) is 0 Å². The summed E-state index contributed by atoms with van der Waals surface area (Å²) in [6.07, 6.45) is 2.15. The van der Waals surface area contributed by atoms with E-state index in [4.69, 9.17) is 4.98 Å². The summed E-state index contributed by atoms with van der Waals surface area (Å²) in [5.74, 6) is 0. The lowest BCUT2D eigenvalue weighted by Crippen LogP contribution is -2.39. The Morgan fingerprint density at radius 2 is 2.00 bits per heavy atom. The first-order valence-corrected chi connectivity index (χ1v) is 9.21. The number of thiazole rings is 1. The molecule has 1 fully saturated rings. The Morgan fingerprint density at radius 1 is 1.20 bits per heavy atom. The van der Waals surface area contributed by atoms with Crippen molar-refractivity contribution in [3.63, 3.8) is 0 Å². The molecule has 0 amide bonds. The summed E-state index contributed by atoms with van der Waals surface area (Å²) in [4.78, 5) is 31.3. The monoisotopic (exact) mass is 356 g/mol. The molecule has 0 N–H and O–H groups in total. The summed E-state index contributed by atoms with van der Waals surface area (Å²) < 4.78 is 3.90. The topological polar surface area (TPSA) is 60.1 Å². The summed E-state index contributed by atoms with van der Waals surface area (Å²) in [7, 11) is 3.23. The highest BCUT2D eigenvalue weighted by molar-refractivity contribution is 7.18. The van der Waals surface area contributed by atoms with Crippen LogP contribution in [0.1, 0.15) is 29.6 Å². The third-order valence-electron chi connectivity index (χ3n) is 4.95. The zero-order valence-electron chi connectivity index (χ0n) is 14.3. The van der Waals surface area contributed by atoms with E-state index < -0.39 is 0 Å². The first-order chi connectivity index (χ1) is 12.0. The molecule has 1 saturated heterocycles. The third-order valence-corrected chi connectivity index (χ3v) is 6.09. The molecule has 4 rings (SSSR count). The lowest BCUT2D eigenvalue weighted by Gasteiger charge is -2.23. The number of aromatic nitrogens is 3. The van der Waals surface area contributed by atoms with Crippen molar-refractivity contribution >= 4 is 21.6 Å². The number of benzene rings is 1. The molecule has 0 spiro atoms. The molecule has 0 radical (unpaired) electrons. The van der Waals surface area contributed by atoms with Gasteiger partial charge in [0.25, 0.3) is 5.56 Å². The van der Waals surface area contributed by atoms with E-state index in [0.717, 1.165) is 40.2 Å². The molecular weight excluding hydrogens is 336 g/mol. The van der Waals surface area contributed by atoms with Crippen LogP contribution in [0.5, 0.6) is 0 Å². The molecule has 1 aliphatic rings. The van der Waals surface area contributed by atoms with Gasteiger partial charge in [-0.3, -0.25) is 18.8 Å². The van der Waals surface area contributed by atoms with Crippen LogP contribution in [0.2, 0.25) is 0 Å². The molecule has 130 valence electrons. The van der Waals surface area contributed by atoms with E-state index in [9.17, 15) is 9.59 Å². The second-order valence-corrected chi connectivity index (χ2v) is 7.59. The average molecular weight is 356 g/mol. The van der Waals surface area contributed by atoms with Gasteiger partial charge in [-0.05, 0) is 31.5 Å². The van der Waals surface area contributed by atoms with Gasteiger partial charge in [-0.25, -0.2) is 9.78 Å². The van der Waals surface area contributed by atoms with Crippen LogP contribution in [-0.2, 0) is 20.6 Å². The second-order valence-electron chi connectivity index (χ2n) is 6.52. The second kappa shape index (κ2) is 6.24. The Balaban J connectivity index is 1.66. The third kappa shape index (κ3) is 2.83. The van der Waals surface area contributed by atoms with Crippen LogP contribution in [0.15, 0.2) is 39.9 Å². The number of para-hydroxylation sites is 1. The van der Waals surface area contributed by atoms with Crippen molar-refractivity contribution in [1.29, 1.82) is 0 Å². The molecule has 25 heavy (non-hydrogen) atoms. The molecular formula is C18H20N4O2S. The Labute approximate surface area is 149 Å². The van der Waals surface area contributed by atoms with Gasteiger partial charge < -0.3 is 0 Å². The molecule has 2 aromatic heterocycles. The maximum Gasteiger partial charge on any atom is 0.330 e. The highest BCUT2D eigenvalue weighted by Crippen LogP contribution is 2.36. The minimum Gasteiger partial charge on any atom is -0.299 e. The Morgan fingerprint density at radius 3 is 2.80 bits per heavy atom. The molecule has 3 aromatic rings. The van der Waals surface area contributed by atoms with Crippen molar-refractivity contribution in [3.05, 3.63) is 61.9 Å². The van der Waals surface area contributed by atoms with E-state index >= 15 is 0 Å². The van der Waals surface area contributed by atoms with Gasteiger partial charge in [-0.15, -0.1) is 11.3 Å². The minimum atomic E-state index is -0.279. The van der Waals surface area contributed by atoms with E-state index in [-0.39, 0.29) is 17.3 Å². The minimum absolute atomic E-state index is 0.247. The highest BCUT2D eigenvalue weighted by Gasteiger charge is 2.29. The zero-order valence-corrected chi connectivity index (χ0v) is 15.1. The molecule has 3 heterocycles. The molecule has 0 unspecified atom stereocenters. The maximum absolute atomic E-state index is 12.2. The first kappa shape index (κ1) is 16.2. The summed E-state index contributed by atoms with van der Waals surface area (Å²) >= 11 is 1.73. The lowest BCUT2D eigenvalue weighted by atomic mass is 10.2. The van der Waals surface area contributed by atoms with Gasteiger partial charge in [0.05, 0.1) is 16.3 Å². The van der Waals surface area contributed by atoms with Gasteiger partial charge in [-0.2, -0.15) is 0 Å². The van der Waals surface area contributed by atoms with Crippen LogP contribution in [0.4, 0.5) is 0 Å².